The third-order valence-electron chi connectivity index (χ3n) is 4.52. The van der Waals surface area contributed by atoms with Gasteiger partial charge in [0, 0.05) is 12.1 Å². The van der Waals surface area contributed by atoms with Crippen LogP contribution in [0.4, 0.5) is 5.69 Å². The summed E-state index contributed by atoms with van der Waals surface area (Å²) in [5.41, 5.74) is 1.08. The number of nitrogens with one attached hydrogen (secondary N) is 1. The predicted molar refractivity (Wildman–Crippen MR) is 100.0 cm³/mol. The largest absolute Gasteiger partial charge is 0.465 e. The molecule has 1 N–H and O–H groups in total. The van der Waals surface area contributed by atoms with E-state index >= 15 is 0 Å². The van der Waals surface area contributed by atoms with Crippen molar-refractivity contribution in [2.24, 2.45) is 0 Å². The summed E-state index contributed by atoms with van der Waals surface area (Å²) in [6.07, 6.45) is 3.31. The third-order valence-corrected chi connectivity index (χ3v) is 4.83. The van der Waals surface area contributed by atoms with Crippen molar-refractivity contribution in [1.82, 2.24) is 4.90 Å². The van der Waals surface area contributed by atoms with Crippen molar-refractivity contribution in [3.05, 3.63) is 29.3 Å². The van der Waals surface area contributed by atoms with Gasteiger partial charge in [-0.2, -0.15) is 0 Å². The standard InChI is InChI=1S/C18H24N2O4S/c1-11-6-5-7-12(2)20(11)18(25)19-15-10-13(16(21)23-3)8-9-14(15)17(22)24-4/h8-12H,5-7H2,1-4H3,(H,19,25)/t11-,12+. The minimum absolute atomic E-state index is 0.314. The van der Waals surface area contributed by atoms with Crippen LogP contribution in [0.1, 0.15) is 53.8 Å². The smallest absolute Gasteiger partial charge is 0.339 e. The van der Waals surface area contributed by atoms with Crippen LogP contribution in [0.25, 0.3) is 0 Å². The number of piperidine rings is 1. The van der Waals surface area contributed by atoms with E-state index in [9.17, 15) is 9.59 Å². The van der Waals surface area contributed by atoms with Gasteiger partial charge in [0.2, 0.25) is 0 Å². The Morgan fingerprint density at radius 1 is 1.12 bits per heavy atom. The monoisotopic (exact) mass is 364 g/mol. The maximum Gasteiger partial charge on any atom is 0.339 e. The molecule has 2 rings (SSSR count). The molecule has 0 spiro atoms. The molecule has 0 amide bonds. The Balaban J connectivity index is 2.33. The lowest BCUT2D eigenvalue weighted by Crippen LogP contribution is -2.49. The molecule has 25 heavy (non-hydrogen) atoms. The highest BCUT2D eigenvalue weighted by Crippen LogP contribution is 2.25. The van der Waals surface area contributed by atoms with Gasteiger partial charge in [0.1, 0.15) is 0 Å². The summed E-state index contributed by atoms with van der Waals surface area (Å²) in [6.45, 7) is 4.27. The van der Waals surface area contributed by atoms with E-state index < -0.39 is 11.9 Å². The Morgan fingerprint density at radius 3 is 2.28 bits per heavy atom. The molecule has 1 fully saturated rings. The highest BCUT2D eigenvalue weighted by molar-refractivity contribution is 7.80. The van der Waals surface area contributed by atoms with Crippen LogP contribution in [-0.2, 0) is 9.47 Å². The van der Waals surface area contributed by atoms with E-state index in [0.29, 0.717) is 34.0 Å². The molecule has 1 aliphatic rings. The van der Waals surface area contributed by atoms with Gasteiger partial charge in [-0.3, -0.25) is 0 Å². The number of esters is 2. The summed E-state index contributed by atoms with van der Waals surface area (Å²) < 4.78 is 9.57. The van der Waals surface area contributed by atoms with E-state index in [0.717, 1.165) is 12.8 Å². The van der Waals surface area contributed by atoms with Gasteiger partial charge in [-0.05, 0) is 63.5 Å². The summed E-state index contributed by atoms with van der Waals surface area (Å²) in [6, 6.07) is 5.25. The Morgan fingerprint density at radius 2 is 1.72 bits per heavy atom. The number of rotatable bonds is 3. The van der Waals surface area contributed by atoms with Crippen LogP contribution in [-0.4, -0.2) is 48.3 Å². The van der Waals surface area contributed by atoms with Crippen LogP contribution in [0.15, 0.2) is 18.2 Å². The maximum atomic E-state index is 12.0. The zero-order valence-corrected chi connectivity index (χ0v) is 15.8. The van der Waals surface area contributed by atoms with Crippen LogP contribution in [0.5, 0.6) is 0 Å². The van der Waals surface area contributed by atoms with Crippen molar-refractivity contribution < 1.29 is 19.1 Å². The number of methoxy groups -OCH3 is 2. The molecule has 0 saturated carbocycles. The first-order valence-electron chi connectivity index (χ1n) is 8.29. The second-order valence-electron chi connectivity index (χ2n) is 6.21. The van der Waals surface area contributed by atoms with Gasteiger partial charge in [0.15, 0.2) is 5.11 Å². The van der Waals surface area contributed by atoms with E-state index in [-0.39, 0.29) is 0 Å². The second kappa shape index (κ2) is 8.29. The molecule has 1 aromatic rings. The Hall–Kier alpha value is -2.15. The lowest BCUT2D eigenvalue weighted by molar-refractivity contribution is 0.0587. The van der Waals surface area contributed by atoms with E-state index in [1.165, 1.54) is 32.8 Å². The Kier molecular flexibility index (Phi) is 6.36. The molecule has 0 aliphatic carbocycles. The van der Waals surface area contributed by atoms with Crippen molar-refractivity contribution in [2.45, 2.75) is 45.2 Å². The van der Waals surface area contributed by atoms with Crippen LogP contribution in [0.3, 0.4) is 0 Å². The zero-order chi connectivity index (χ0) is 18.6. The Bertz CT molecular complexity index is 667. The molecule has 136 valence electrons. The molecule has 0 radical (unpaired) electrons. The van der Waals surface area contributed by atoms with Crippen molar-refractivity contribution in [1.29, 1.82) is 0 Å². The number of carbonyl (C=O) groups excluding carboxylic acids is 2. The summed E-state index contributed by atoms with van der Waals surface area (Å²) in [5.74, 6) is -0.980. The molecule has 0 bridgehead atoms. The molecule has 6 nitrogen and oxygen atoms in total. The van der Waals surface area contributed by atoms with E-state index in [1.807, 2.05) is 0 Å². The number of hydrogen-bond acceptors (Lipinski definition) is 5. The van der Waals surface area contributed by atoms with Gasteiger partial charge in [0.05, 0.1) is 31.0 Å². The number of anilines is 1. The lowest BCUT2D eigenvalue weighted by Gasteiger charge is -2.41. The molecule has 0 aromatic heterocycles. The van der Waals surface area contributed by atoms with Gasteiger partial charge < -0.3 is 19.7 Å². The van der Waals surface area contributed by atoms with Crippen molar-refractivity contribution in [2.75, 3.05) is 19.5 Å². The number of nitrogens with zero attached hydrogens (tertiary/aromatic N) is 1. The summed E-state index contributed by atoms with van der Waals surface area (Å²) >= 11 is 5.58. The van der Waals surface area contributed by atoms with Crippen molar-refractivity contribution in [3.63, 3.8) is 0 Å². The average Bonchev–Trinajstić information content (AvgIpc) is 2.60. The summed E-state index contributed by atoms with van der Waals surface area (Å²) in [7, 11) is 2.62. The van der Waals surface area contributed by atoms with Crippen molar-refractivity contribution >= 4 is 35.0 Å². The first-order valence-corrected chi connectivity index (χ1v) is 8.69. The second-order valence-corrected chi connectivity index (χ2v) is 6.60. The van der Waals surface area contributed by atoms with Crippen LogP contribution in [0, 0.1) is 0 Å². The quantitative estimate of drug-likeness (QED) is 0.652. The first kappa shape index (κ1) is 19.2. The number of hydrogen-bond donors (Lipinski definition) is 1. The van der Waals surface area contributed by atoms with Gasteiger partial charge in [0.25, 0.3) is 0 Å². The average molecular weight is 364 g/mol. The first-order chi connectivity index (χ1) is 11.9. The minimum atomic E-state index is -0.499. The van der Waals surface area contributed by atoms with Crippen LogP contribution < -0.4 is 5.32 Å². The summed E-state index contributed by atoms with van der Waals surface area (Å²) in [4.78, 5) is 26.0. The van der Waals surface area contributed by atoms with Gasteiger partial charge in [-0.25, -0.2) is 9.59 Å². The van der Waals surface area contributed by atoms with Crippen LogP contribution >= 0.6 is 12.2 Å². The van der Waals surface area contributed by atoms with E-state index in [1.54, 1.807) is 6.07 Å². The topological polar surface area (TPSA) is 67.9 Å². The number of likely N-dealkylation sites (tertiary alicyclic amines) is 1. The molecular formula is C18H24N2O4S. The van der Waals surface area contributed by atoms with Gasteiger partial charge in [-0.15, -0.1) is 0 Å². The maximum absolute atomic E-state index is 12.0. The molecule has 1 aromatic carbocycles. The number of ether oxygens (including phenoxy) is 2. The molecule has 2 atom stereocenters. The predicted octanol–water partition coefficient (Wildman–Crippen LogP) is 3.22. The normalized spacial score (nSPS) is 19.9. The Labute approximate surface area is 153 Å². The fourth-order valence-electron chi connectivity index (χ4n) is 3.18. The molecule has 7 heteroatoms. The SMILES string of the molecule is COC(=O)c1ccc(C(=O)OC)c(NC(=S)N2[C@H](C)CCC[C@@H]2C)c1. The third kappa shape index (κ3) is 4.28. The van der Waals surface area contributed by atoms with Crippen LogP contribution in [0.2, 0.25) is 0 Å². The van der Waals surface area contributed by atoms with E-state index in [4.69, 9.17) is 21.7 Å². The summed E-state index contributed by atoms with van der Waals surface area (Å²) in [5, 5.41) is 3.66. The van der Waals surface area contributed by atoms with E-state index in [2.05, 4.69) is 24.1 Å². The van der Waals surface area contributed by atoms with Crippen molar-refractivity contribution in [3.8, 4) is 0 Å². The number of carbonyl (C=O) groups is 2. The number of benzene rings is 1. The molecule has 1 saturated heterocycles. The molecule has 1 heterocycles. The lowest BCUT2D eigenvalue weighted by atomic mass is 9.98. The molecular weight excluding hydrogens is 340 g/mol. The fourth-order valence-corrected chi connectivity index (χ4v) is 3.65. The highest BCUT2D eigenvalue weighted by Gasteiger charge is 2.27. The fraction of sp³-hybridized carbons (Fsp3) is 0.500. The molecule has 0 unspecified atom stereocenters. The molecule has 1 aliphatic heterocycles. The van der Waals surface area contributed by atoms with Gasteiger partial charge >= 0.3 is 11.9 Å². The van der Waals surface area contributed by atoms with Gasteiger partial charge in [-0.1, -0.05) is 0 Å². The minimum Gasteiger partial charge on any atom is -0.465 e. The zero-order valence-electron chi connectivity index (χ0n) is 15.0. The highest BCUT2D eigenvalue weighted by atomic mass is 32.1. The number of thiocarbonyl (C=S) groups is 1.